The zero-order valence-electron chi connectivity index (χ0n) is 13.9. The van der Waals surface area contributed by atoms with E-state index in [2.05, 4.69) is 10.3 Å². The molecule has 24 heavy (non-hydrogen) atoms. The number of furan rings is 1. The first kappa shape index (κ1) is 18.1. The SMILES string of the molecule is CC(C)C[C@@H](NC(=O)c1ccc(CSc2nccn2C)o1)C(=O)O. The number of imidazole rings is 1. The third-order valence-electron chi connectivity index (χ3n) is 3.32. The Bertz CT molecular complexity index is 708. The number of aliphatic carboxylic acids is 1. The van der Waals surface area contributed by atoms with Crippen molar-refractivity contribution in [1.29, 1.82) is 0 Å². The first-order valence-electron chi connectivity index (χ1n) is 7.59. The first-order chi connectivity index (χ1) is 11.4. The molecule has 0 spiro atoms. The minimum absolute atomic E-state index is 0.112. The molecule has 2 heterocycles. The van der Waals surface area contributed by atoms with E-state index in [9.17, 15) is 14.7 Å². The lowest BCUT2D eigenvalue weighted by atomic mass is 10.0. The van der Waals surface area contributed by atoms with Gasteiger partial charge in [-0.15, -0.1) is 0 Å². The Labute approximate surface area is 144 Å². The van der Waals surface area contributed by atoms with Gasteiger partial charge in [-0.05, 0) is 24.5 Å². The number of aryl methyl sites for hydroxylation is 1. The molecule has 2 aromatic heterocycles. The molecule has 1 amide bonds. The van der Waals surface area contributed by atoms with Crippen LogP contribution in [0, 0.1) is 5.92 Å². The maximum Gasteiger partial charge on any atom is 0.326 e. The minimum atomic E-state index is -1.05. The highest BCUT2D eigenvalue weighted by Gasteiger charge is 2.23. The standard InChI is InChI=1S/C16H21N3O4S/c1-10(2)8-12(15(21)22)18-14(20)13-5-4-11(23-13)9-24-16-17-6-7-19(16)3/h4-7,10,12H,8-9H2,1-3H3,(H,18,20)(H,21,22)/t12-/m1/s1. The summed E-state index contributed by atoms with van der Waals surface area (Å²) in [6.07, 6.45) is 3.93. The van der Waals surface area contributed by atoms with Crippen LogP contribution in [0.4, 0.5) is 0 Å². The van der Waals surface area contributed by atoms with Crippen molar-refractivity contribution in [2.75, 3.05) is 0 Å². The van der Waals surface area contributed by atoms with Crippen molar-refractivity contribution in [2.45, 2.75) is 37.2 Å². The number of amides is 1. The molecule has 130 valence electrons. The van der Waals surface area contributed by atoms with Crippen LogP contribution in [0.15, 0.2) is 34.1 Å². The number of hydrogen-bond acceptors (Lipinski definition) is 5. The fourth-order valence-electron chi connectivity index (χ4n) is 2.13. The molecular formula is C16H21N3O4S. The number of nitrogens with zero attached hydrogens (tertiary/aromatic N) is 2. The molecule has 0 bridgehead atoms. The Balaban J connectivity index is 1.95. The fraction of sp³-hybridized carbons (Fsp3) is 0.438. The van der Waals surface area contributed by atoms with Crippen LogP contribution in [0.3, 0.4) is 0 Å². The Morgan fingerprint density at radius 3 is 2.75 bits per heavy atom. The van der Waals surface area contributed by atoms with Gasteiger partial charge < -0.3 is 19.4 Å². The van der Waals surface area contributed by atoms with E-state index in [4.69, 9.17) is 4.42 Å². The smallest absolute Gasteiger partial charge is 0.326 e. The average molecular weight is 351 g/mol. The van der Waals surface area contributed by atoms with E-state index in [-0.39, 0.29) is 11.7 Å². The van der Waals surface area contributed by atoms with E-state index in [0.29, 0.717) is 17.9 Å². The zero-order valence-corrected chi connectivity index (χ0v) is 14.7. The molecule has 0 saturated heterocycles. The van der Waals surface area contributed by atoms with Crippen LogP contribution >= 0.6 is 11.8 Å². The summed E-state index contributed by atoms with van der Waals surface area (Å²) >= 11 is 1.49. The molecule has 0 aliphatic heterocycles. The number of hydrogen-bond donors (Lipinski definition) is 2. The van der Waals surface area contributed by atoms with Gasteiger partial charge in [-0.1, -0.05) is 25.6 Å². The topological polar surface area (TPSA) is 97.4 Å². The molecule has 1 atom stereocenters. The number of rotatable bonds is 8. The normalized spacial score (nSPS) is 12.3. The monoisotopic (exact) mass is 351 g/mol. The van der Waals surface area contributed by atoms with E-state index in [1.54, 1.807) is 18.3 Å². The highest BCUT2D eigenvalue weighted by molar-refractivity contribution is 7.98. The van der Waals surface area contributed by atoms with Gasteiger partial charge in [0.2, 0.25) is 0 Å². The molecular weight excluding hydrogens is 330 g/mol. The molecule has 2 rings (SSSR count). The maximum atomic E-state index is 12.1. The van der Waals surface area contributed by atoms with Gasteiger partial charge in [0.1, 0.15) is 11.8 Å². The highest BCUT2D eigenvalue weighted by Crippen LogP contribution is 2.22. The molecule has 0 unspecified atom stereocenters. The number of carbonyl (C=O) groups is 2. The number of thioether (sulfide) groups is 1. The third-order valence-corrected chi connectivity index (χ3v) is 4.40. The molecule has 0 aliphatic rings. The van der Waals surface area contributed by atoms with Gasteiger partial charge in [0, 0.05) is 19.4 Å². The predicted molar refractivity (Wildman–Crippen MR) is 89.8 cm³/mol. The van der Waals surface area contributed by atoms with Gasteiger partial charge in [0.25, 0.3) is 5.91 Å². The summed E-state index contributed by atoms with van der Waals surface area (Å²) < 4.78 is 7.40. The first-order valence-corrected chi connectivity index (χ1v) is 8.58. The van der Waals surface area contributed by atoms with Crippen LogP contribution in [-0.4, -0.2) is 32.6 Å². The summed E-state index contributed by atoms with van der Waals surface area (Å²) in [5, 5.41) is 12.5. The maximum absolute atomic E-state index is 12.1. The van der Waals surface area contributed by atoms with Crippen LogP contribution in [0.1, 0.15) is 36.6 Å². The van der Waals surface area contributed by atoms with Crippen LogP contribution in [0.5, 0.6) is 0 Å². The Morgan fingerprint density at radius 2 is 2.17 bits per heavy atom. The Morgan fingerprint density at radius 1 is 1.42 bits per heavy atom. The van der Waals surface area contributed by atoms with Gasteiger partial charge >= 0.3 is 5.97 Å². The molecule has 0 aromatic carbocycles. The largest absolute Gasteiger partial charge is 0.480 e. The number of aromatic nitrogens is 2. The number of carbonyl (C=O) groups excluding carboxylic acids is 1. The van der Waals surface area contributed by atoms with Crippen LogP contribution in [-0.2, 0) is 17.6 Å². The lowest BCUT2D eigenvalue weighted by Gasteiger charge is -2.15. The lowest BCUT2D eigenvalue weighted by molar-refractivity contribution is -0.139. The molecule has 0 fully saturated rings. The fourth-order valence-corrected chi connectivity index (χ4v) is 2.95. The number of carboxylic acids is 1. The average Bonchev–Trinajstić information content (AvgIpc) is 3.12. The molecule has 2 aromatic rings. The molecule has 8 heteroatoms. The summed E-state index contributed by atoms with van der Waals surface area (Å²) in [6, 6.07) is 2.34. The van der Waals surface area contributed by atoms with E-state index in [1.807, 2.05) is 31.7 Å². The Hall–Kier alpha value is -2.22. The number of carboxylic acid groups (broad SMARTS) is 1. The highest BCUT2D eigenvalue weighted by atomic mass is 32.2. The van der Waals surface area contributed by atoms with Crippen LogP contribution < -0.4 is 5.32 Å². The van der Waals surface area contributed by atoms with Gasteiger partial charge in [0.05, 0.1) is 5.75 Å². The second kappa shape index (κ2) is 8.05. The summed E-state index contributed by atoms with van der Waals surface area (Å²) in [5.74, 6) is -0.130. The molecule has 0 saturated carbocycles. The lowest BCUT2D eigenvalue weighted by Crippen LogP contribution is -2.41. The van der Waals surface area contributed by atoms with Crippen molar-refractivity contribution in [3.05, 3.63) is 36.0 Å². The number of nitrogens with one attached hydrogen (secondary N) is 1. The Kier molecular flexibility index (Phi) is 6.08. The van der Waals surface area contributed by atoms with Crippen molar-refractivity contribution >= 4 is 23.6 Å². The van der Waals surface area contributed by atoms with E-state index in [1.165, 1.54) is 11.8 Å². The van der Waals surface area contributed by atoms with E-state index < -0.39 is 17.9 Å². The molecule has 0 aliphatic carbocycles. The van der Waals surface area contributed by atoms with Crippen molar-refractivity contribution in [3.63, 3.8) is 0 Å². The summed E-state index contributed by atoms with van der Waals surface area (Å²) in [4.78, 5) is 27.6. The summed E-state index contributed by atoms with van der Waals surface area (Å²) in [5.41, 5.74) is 0. The summed E-state index contributed by atoms with van der Waals surface area (Å²) in [6.45, 7) is 3.81. The van der Waals surface area contributed by atoms with E-state index in [0.717, 1.165) is 5.16 Å². The van der Waals surface area contributed by atoms with Crippen molar-refractivity contribution in [2.24, 2.45) is 13.0 Å². The van der Waals surface area contributed by atoms with Gasteiger partial charge in [-0.3, -0.25) is 4.79 Å². The minimum Gasteiger partial charge on any atom is -0.480 e. The zero-order chi connectivity index (χ0) is 17.7. The predicted octanol–water partition coefficient (Wildman–Crippen LogP) is 2.53. The van der Waals surface area contributed by atoms with Crippen LogP contribution in [0.25, 0.3) is 0 Å². The molecule has 2 N–H and O–H groups in total. The van der Waals surface area contributed by atoms with Crippen molar-refractivity contribution in [1.82, 2.24) is 14.9 Å². The van der Waals surface area contributed by atoms with Gasteiger partial charge in [-0.2, -0.15) is 0 Å². The van der Waals surface area contributed by atoms with Crippen LogP contribution in [0.2, 0.25) is 0 Å². The van der Waals surface area contributed by atoms with Gasteiger partial charge in [0.15, 0.2) is 10.9 Å². The second-order valence-corrected chi connectivity index (χ2v) is 6.81. The quantitative estimate of drug-likeness (QED) is 0.709. The van der Waals surface area contributed by atoms with Gasteiger partial charge in [-0.25, -0.2) is 9.78 Å². The summed E-state index contributed by atoms with van der Waals surface area (Å²) in [7, 11) is 1.90. The third kappa shape index (κ3) is 4.89. The molecule has 0 radical (unpaired) electrons. The molecule has 7 nitrogen and oxygen atoms in total. The van der Waals surface area contributed by atoms with Crippen molar-refractivity contribution in [3.8, 4) is 0 Å². The van der Waals surface area contributed by atoms with Crippen molar-refractivity contribution < 1.29 is 19.1 Å². The second-order valence-electron chi connectivity index (χ2n) is 5.87. The van der Waals surface area contributed by atoms with E-state index >= 15 is 0 Å².